The highest BCUT2D eigenvalue weighted by molar-refractivity contribution is 5.44. The Morgan fingerprint density at radius 2 is 1.45 bits per heavy atom. The number of aliphatic hydroxyl groups is 2. The van der Waals surface area contributed by atoms with E-state index in [2.05, 4.69) is 41.7 Å². The summed E-state index contributed by atoms with van der Waals surface area (Å²) in [5, 5.41) is 21.1. The van der Waals surface area contributed by atoms with E-state index in [0.29, 0.717) is 6.54 Å². The van der Waals surface area contributed by atoms with Gasteiger partial charge < -0.3 is 15.5 Å². The Bertz CT molecular complexity index is 496. The van der Waals surface area contributed by atoms with Gasteiger partial charge in [0.05, 0.1) is 12.7 Å². The van der Waals surface area contributed by atoms with E-state index in [1.54, 1.807) is 0 Å². The maximum Gasteiger partial charge on any atom is 0.0942 e. The third kappa shape index (κ3) is 4.68. The fraction of sp³-hybridized carbons (Fsp3) is 0.294. The molecular weight excluding hydrogens is 250 g/mol. The van der Waals surface area contributed by atoms with Crippen LogP contribution < -0.4 is 5.32 Å². The predicted octanol–water partition coefficient (Wildman–Crippen LogP) is 2.24. The smallest absolute Gasteiger partial charge is 0.0942 e. The molecule has 0 saturated carbocycles. The lowest BCUT2D eigenvalue weighted by molar-refractivity contribution is 0.105. The zero-order valence-electron chi connectivity index (χ0n) is 11.5. The van der Waals surface area contributed by atoms with Crippen LogP contribution in [0.2, 0.25) is 0 Å². The second kappa shape index (κ2) is 7.68. The predicted molar refractivity (Wildman–Crippen MR) is 81.9 cm³/mol. The first-order valence-corrected chi connectivity index (χ1v) is 6.93. The lowest BCUT2D eigenvalue weighted by Crippen LogP contribution is -2.22. The van der Waals surface area contributed by atoms with Crippen molar-refractivity contribution in [3.05, 3.63) is 65.7 Å². The van der Waals surface area contributed by atoms with Gasteiger partial charge >= 0.3 is 0 Å². The molecule has 2 aromatic rings. The number of hydrogen-bond donors (Lipinski definition) is 3. The van der Waals surface area contributed by atoms with Crippen molar-refractivity contribution in [2.75, 3.05) is 18.5 Å². The molecule has 0 spiro atoms. The van der Waals surface area contributed by atoms with Crippen LogP contribution in [0.5, 0.6) is 0 Å². The molecule has 3 heteroatoms. The minimum Gasteiger partial charge on any atom is -0.394 e. The van der Waals surface area contributed by atoms with Crippen molar-refractivity contribution < 1.29 is 10.2 Å². The van der Waals surface area contributed by atoms with Crippen LogP contribution in [0.3, 0.4) is 0 Å². The zero-order valence-corrected chi connectivity index (χ0v) is 11.5. The standard InChI is InChI=1S/C17H21NO2/c19-13-17(20)12-18-16-10-8-15(9-11-16)7-6-14-4-2-1-3-5-14/h1-5,8-11,17-20H,6-7,12-13H2. The summed E-state index contributed by atoms with van der Waals surface area (Å²) in [6.07, 6.45) is 1.34. The van der Waals surface area contributed by atoms with Gasteiger partial charge in [-0.3, -0.25) is 0 Å². The van der Waals surface area contributed by atoms with Gasteiger partial charge in [-0.05, 0) is 36.1 Å². The Labute approximate surface area is 119 Å². The third-order valence-corrected chi connectivity index (χ3v) is 3.25. The number of nitrogens with one attached hydrogen (secondary N) is 1. The molecule has 3 nitrogen and oxygen atoms in total. The zero-order chi connectivity index (χ0) is 14.2. The molecule has 0 heterocycles. The Morgan fingerprint density at radius 1 is 0.850 bits per heavy atom. The first kappa shape index (κ1) is 14.6. The van der Waals surface area contributed by atoms with Gasteiger partial charge in [0.2, 0.25) is 0 Å². The summed E-state index contributed by atoms with van der Waals surface area (Å²) in [5.74, 6) is 0. The quantitative estimate of drug-likeness (QED) is 0.724. The molecule has 0 bridgehead atoms. The average Bonchev–Trinajstić information content (AvgIpc) is 2.52. The van der Waals surface area contributed by atoms with E-state index in [1.807, 2.05) is 18.2 Å². The van der Waals surface area contributed by atoms with Crippen molar-refractivity contribution in [1.82, 2.24) is 0 Å². The van der Waals surface area contributed by atoms with Gasteiger partial charge in [0.15, 0.2) is 0 Å². The van der Waals surface area contributed by atoms with Gasteiger partial charge in [-0.15, -0.1) is 0 Å². The Kier molecular flexibility index (Phi) is 5.59. The van der Waals surface area contributed by atoms with E-state index in [-0.39, 0.29) is 6.61 Å². The van der Waals surface area contributed by atoms with Crippen molar-refractivity contribution in [1.29, 1.82) is 0 Å². The minimum atomic E-state index is -0.715. The van der Waals surface area contributed by atoms with E-state index >= 15 is 0 Å². The molecule has 0 saturated heterocycles. The number of aliphatic hydroxyl groups excluding tert-OH is 2. The Hall–Kier alpha value is -1.84. The topological polar surface area (TPSA) is 52.5 Å². The van der Waals surface area contributed by atoms with Gasteiger partial charge in [-0.1, -0.05) is 42.5 Å². The van der Waals surface area contributed by atoms with E-state index in [1.165, 1.54) is 11.1 Å². The van der Waals surface area contributed by atoms with Crippen LogP contribution in [0.15, 0.2) is 54.6 Å². The fourth-order valence-electron chi connectivity index (χ4n) is 2.02. The minimum absolute atomic E-state index is 0.220. The van der Waals surface area contributed by atoms with Crippen LogP contribution in [-0.2, 0) is 12.8 Å². The summed E-state index contributed by atoms with van der Waals surface area (Å²) >= 11 is 0. The molecule has 2 rings (SSSR count). The summed E-state index contributed by atoms with van der Waals surface area (Å²) < 4.78 is 0. The maximum atomic E-state index is 9.27. The highest BCUT2D eigenvalue weighted by Gasteiger charge is 2.01. The number of rotatable bonds is 7. The van der Waals surface area contributed by atoms with E-state index in [4.69, 9.17) is 5.11 Å². The summed E-state index contributed by atoms with van der Waals surface area (Å²) in [7, 11) is 0. The number of anilines is 1. The molecule has 0 amide bonds. The molecule has 0 fully saturated rings. The van der Waals surface area contributed by atoms with Crippen LogP contribution in [0.25, 0.3) is 0 Å². The number of benzene rings is 2. The first-order chi connectivity index (χ1) is 9.78. The van der Waals surface area contributed by atoms with Crippen LogP contribution in [-0.4, -0.2) is 29.5 Å². The van der Waals surface area contributed by atoms with Crippen molar-refractivity contribution in [3.63, 3.8) is 0 Å². The first-order valence-electron chi connectivity index (χ1n) is 6.93. The van der Waals surface area contributed by atoms with E-state index in [0.717, 1.165) is 18.5 Å². The van der Waals surface area contributed by atoms with Crippen molar-refractivity contribution in [2.24, 2.45) is 0 Å². The number of hydrogen-bond acceptors (Lipinski definition) is 3. The largest absolute Gasteiger partial charge is 0.394 e. The van der Waals surface area contributed by atoms with Gasteiger partial charge in [0.1, 0.15) is 0 Å². The van der Waals surface area contributed by atoms with E-state index < -0.39 is 6.10 Å². The third-order valence-electron chi connectivity index (χ3n) is 3.25. The highest BCUT2D eigenvalue weighted by Crippen LogP contribution is 2.12. The van der Waals surface area contributed by atoms with Crippen molar-refractivity contribution >= 4 is 5.69 Å². The van der Waals surface area contributed by atoms with Crippen LogP contribution in [0.1, 0.15) is 11.1 Å². The summed E-state index contributed by atoms with van der Waals surface area (Å²) in [4.78, 5) is 0. The normalized spacial score (nSPS) is 12.1. The molecule has 1 atom stereocenters. The molecule has 106 valence electrons. The van der Waals surface area contributed by atoms with Gasteiger partial charge in [-0.2, -0.15) is 0 Å². The second-order valence-electron chi connectivity index (χ2n) is 4.90. The molecular formula is C17H21NO2. The summed E-state index contributed by atoms with van der Waals surface area (Å²) in [6, 6.07) is 18.6. The molecule has 20 heavy (non-hydrogen) atoms. The molecule has 0 aromatic heterocycles. The van der Waals surface area contributed by atoms with Gasteiger partial charge in [-0.25, -0.2) is 0 Å². The molecule has 0 aliphatic heterocycles. The Morgan fingerprint density at radius 3 is 2.05 bits per heavy atom. The molecule has 1 unspecified atom stereocenters. The van der Waals surface area contributed by atoms with Gasteiger partial charge in [0.25, 0.3) is 0 Å². The lowest BCUT2D eigenvalue weighted by Gasteiger charge is -2.10. The van der Waals surface area contributed by atoms with E-state index in [9.17, 15) is 5.11 Å². The molecule has 3 N–H and O–H groups in total. The Balaban J connectivity index is 1.82. The average molecular weight is 271 g/mol. The lowest BCUT2D eigenvalue weighted by atomic mass is 10.0. The molecule has 0 radical (unpaired) electrons. The fourth-order valence-corrected chi connectivity index (χ4v) is 2.02. The van der Waals surface area contributed by atoms with Gasteiger partial charge in [0, 0.05) is 12.2 Å². The molecule has 0 aliphatic carbocycles. The van der Waals surface area contributed by atoms with Crippen molar-refractivity contribution in [3.8, 4) is 0 Å². The van der Waals surface area contributed by atoms with Crippen LogP contribution in [0, 0.1) is 0 Å². The second-order valence-corrected chi connectivity index (χ2v) is 4.90. The monoisotopic (exact) mass is 271 g/mol. The maximum absolute atomic E-state index is 9.27. The SMILES string of the molecule is OCC(O)CNc1ccc(CCc2ccccc2)cc1. The summed E-state index contributed by atoms with van der Waals surface area (Å²) in [6.45, 7) is 0.141. The molecule has 0 aliphatic rings. The van der Waals surface area contributed by atoms with Crippen LogP contribution in [0.4, 0.5) is 5.69 Å². The van der Waals surface area contributed by atoms with Crippen molar-refractivity contribution in [2.45, 2.75) is 18.9 Å². The number of aryl methyl sites for hydroxylation is 2. The van der Waals surface area contributed by atoms with Crippen LogP contribution >= 0.6 is 0 Å². The molecule has 2 aromatic carbocycles. The summed E-state index contributed by atoms with van der Waals surface area (Å²) in [5.41, 5.74) is 3.60. The highest BCUT2D eigenvalue weighted by atomic mass is 16.3.